The standard InChI is InChI=1S/C14H13NO4S/c16-14(19-13-4-2-1-3-5-13)15-12-8-6-11(7-9-12)10-20(17)18/h1-9,20H,10H2,(H,15,16). The zero-order chi connectivity index (χ0) is 14.4. The summed E-state index contributed by atoms with van der Waals surface area (Å²) in [7, 11) is -2.45. The van der Waals surface area contributed by atoms with Crippen molar-refractivity contribution in [3.8, 4) is 5.75 Å². The normalized spacial score (nSPS) is 10.2. The van der Waals surface area contributed by atoms with Crippen molar-refractivity contribution in [1.29, 1.82) is 0 Å². The largest absolute Gasteiger partial charge is 0.417 e. The number of hydrogen-bond acceptors (Lipinski definition) is 4. The Morgan fingerprint density at radius 3 is 2.25 bits per heavy atom. The van der Waals surface area contributed by atoms with Gasteiger partial charge in [-0.2, -0.15) is 0 Å². The van der Waals surface area contributed by atoms with Gasteiger partial charge in [-0.3, -0.25) is 5.32 Å². The van der Waals surface area contributed by atoms with E-state index in [4.69, 9.17) is 4.74 Å². The zero-order valence-corrected chi connectivity index (χ0v) is 11.4. The van der Waals surface area contributed by atoms with Crippen LogP contribution in [-0.4, -0.2) is 14.5 Å². The molecule has 0 aliphatic rings. The highest BCUT2D eigenvalue weighted by molar-refractivity contribution is 7.71. The van der Waals surface area contributed by atoms with E-state index < -0.39 is 16.8 Å². The van der Waals surface area contributed by atoms with Crippen LogP contribution in [0.3, 0.4) is 0 Å². The first kappa shape index (κ1) is 14.1. The molecule has 0 saturated carbocycles. The van der Waals surface area contributed by atoms with Gasteiger partial charge in [-0.1, -0.05) is 30.3 Å². The van der Waals surface area contributed by atoms with Crippen LogP contribution in [0.15, 0.2) is 54.6 Å². The molecule has 0 unspecified atom stereocenters. The summed E-state index contributed by atoms with van der Waals surface area (Å²) in [6, 6.07) is 15.2. The molecule has 2 aromatic carbocycles. The van der Waals surface area contributed by atoms with E-state index in [1.807, 2.05) is 6.07 Å². The number of ether oxygens (including phenoxy) is 1. The van der Waals surface area contributed by atoms with Crippen LogP contribution in [0.25, 0.3) is 0 Å². The van der Waals surface area contributed by atoms with Crippen LogP contribution < -0.4 is 10.1 Å². The molecule has 1 N–H and O–H groups in total. The summed E-state index contributed by atoms with van der Waals surface area (Å²) in [5, 5.41) is 2.56. The molecule has 2 aromatic rings. The van der Waals surface area contributed by atoms with Gasteiger partial charge in [-0.25, -0.2) is 13.2 Å². The quantitative estimate of drug-likeness (QED) is 0.848. The van der Waals surface area contributed by atoms with Crippen molar-refractivity contribution in [2.45, 2.75) is 5.75 Å². The van der Waals surface area contributed by atoms with Crippen molar-refractivity contribution in [2.24, 2.45) is 0 Å². The topological polar surface area (TPSA) is 72.5 Å². The van der Waals surface area contributed by atoms with Gasteiger partial charge in [0.05, 0.1) is 5.75 Å². The summed E-state index contributed by atoms with van der Waals surface area (Å²) < 4.78 is 26.2. The molecule has 0 bridgehead atoms. The molecule has 0 aliphatic carbocycles. The fraction of sp³-hybridized carbons (Fsp3) is 0.0714. The Kier molecular flexibility index (Phi) is 4.73. The Bertz CT molecular complexity index is 643. The van der Waals surface area contributed by atoms with Gasteiger partial charge < -0.3 is 4.74 Å². The molecule has 0 radical (unpaired) electrons. The average molecular weight is 291 g/mol. The van der Waals surface area contributed by atoms with Crippen molar-refractivity contribution in [3.05, 3.63) is 60.2 Å². The molecule has 1 amide bonds. The zero-order valence-electron chi connectivity index (χ0n) is 10.5. The Morgan fingerprint density at radius 1 is 1.00 bits per heavy atom. The molecule has 5 nitrogen and oxygen atoms in total. The lowest BCUT2D eigenvalue weighted by Crippen LogP contribution is -2.16. The number of rotatable bonds is 4. The molecular formula is C14H13NO4S. The number of nitrogens with one attached hydrogen (secondary N) is 1. The minimum Gasteiger partial charge on any atom is -0.410 e. The van der Waals surface area contributed by atoms with Crippen molar-refractivity contribution in [3.63, 3.8) is 0 Å². The number of benzene rings is 2. The van der Waals surface area contributed by atoms with Crippen LogP contribution in [0.5, 0.6) is 5.75 Å². The lowest BCUT2D eigenvalue weighted by Gasteiger charge is -2.06. The second kappa shape index (κ2) is 6.72. The van der Waals surface area contributed by atoms with Crippen LogP contribution in [-0.2, 0) is 16.5 Å². The van der Waals surface area contributed by atoms with Gasteiger partial charge in [0.2, 0.25) is 0 Å². The van der Waals surface area contributed by atoms with Crippen molar-refractivity contribution < 1.29 is 17.9 Å². The van der Waals surface area contributed by atoms with Crippen LogP contribution >= 0.6 is 0 Å². The lowest BCUT2D eigenvalue weighted by molar-refractivity contribution is 0.215. The van der Waals surface area contributed by atoms with E-state index in [1.165, 1.54) is 0 Å². The lowest BCUT2D eigenvalue weighted by atomic mass is 10.2. The minimum absolute atomic E-state index is 0.00985. The molecule has 0 spiro atoms. The fourth-order valence-electron chi connectivity index (χ4n) is 1.58. The number of thiol groups is 1. The first-order valence-electron chi connectivity index (χ1n) is 5.88. The third-order valence-electron chi connectivity index (χ3n) is 2.47. The summed E-state index contributed by atoms with van der Waals surface area (Å²) in [5.74, 6) is 0.439. The third kappa shape index (κ3) is 4.40. The van der Waals surface area contributed by atoms with Gasteiger partial charge in [0.25, 0.3) is 0 Å². The monoisotopic (exact) mass is 291 g/mol. The molecule has 104 valence electrons. The summed E-state index contributed by atoms with van der Waals surface area (Å²) >= 11 is 0. The van der Waals surface area contributed by atoms with Gasteiger partial charge in [-0.15, -0.1) is 0 Å². The summed E-state index contributed by atoms with van der Waals surface area (Å²) in [6.45, 7) is 0. The summed E-state index contributed by atoms with van der Waals surface area (Å²) in [4.78, 5) is 11.6. The highest BCUT2D eigenvalue weighted by Crippen LogP contribution is 2.13. The first-order valence-corrected chi connectivity index (χ1v) is 7.24. The van der Waals surface area contributed by atoms with Crippen LogP contribution in [0, 0.1) is 0 Å². The van der Waals surface area contributed by atoms with Gasteiger partial charge in [0, 0.05) is 5.69 Å². The van der Waals surface area contributed by atoms with Crippen LogP contribution in [0.1, 0.15) is 5.56 Å². The third-order valence-corrected chi connectivity index (χ3v) is 3.09. The maximum atomic E-state index is 11.6. The van der Waals surface area contributed by atoms with Gasteiger partial charge in [-0.05, 0) is 29.8 Å². The SMILES string of the molecule is O=C(Nc1ccc(C[SH](=O)=O)cc1)Oc1ccccc1. The van der Waals surface area contributed by atoms with Crippen molar-refractivity contribution >= 4 is 22.5 Å². The molecule has 0 heterocycles. The highest BCUT2D eigenvalue weighted by atomic mass is 32.2. The smallest absolute Gasteiger partial charge is 0.410 e. The minimum atomic E-state index is -2.45. The van der Waals surface area contributed by atoms with Crippen molar-refractivity contribution in [1.82, 2.24) is 0 Å². The van der Waals surface area contributed by atoms with Gasteiger partial charge in [0.15, 0.2) is 0 Å². The van der Waals surface area contributed by atoms with E-state index >= 15 is 0 Å². The maximum absolute atomic E-state index is 11.6. The predicted octanol–water partition coefficient (Wildman–Crippen LogP) is 2.41. The van der Waals surface area contributed by atoms with E-state index in [1.54, 1.807) is 48.5 Å². The number of amides is 1. The van der Waals surface area contributed by atoms with E-state index in [9.17, 15) is 13.2 Å². The Hall–Kier alpha value is -2.34. The first-order chi connectivity index (χ1) is 9.63. The number of hydrogen-bond donors (Lipinski definition) is 2. The Balaban J connectivity index is 1.94. The number of anilines is 1. The Morgan fingerprint density at radius 2 is 1.65 bits per heavy atom. The predicted molar refractivity (Wildman–Crippen MR) is 76.5 cm³/mol. The molecule has 0 aliphatic heterocycles. The molecule has 20 heavy (non-hydrogen) atoms. The Labute approximate surface area is 118 Å². The highest BCUT2D eigenvalue weighted by Gasteiger charge is 2.04. The van der Waals surface area contributed by atoms with E-state index in [0.717, 1.165) is 0 Å². The van der Waals surface area contributed by atoms with Crippen molar-refractivity contribution in [2.75, 3.05) is 5.32 Å². The summed E-state index contributed by atoms with van der Waals surface area (Å²) in [6.07, 6.45) is -0.598. The average Bonchev–Trinajstić information content (AvgIpc) is 2.41. The molecule has 0 atom stereocenters. The number of carbonyl (C=O) groups excluding carboxylic acids is 1. The molecule has 0 fully saturated rings. The molecular weight excluding hydrogens is 278 g/mol. The van der Waals surface area contributed by atoms with Gasteiger partial charge >= 0.3 is 6.09 Å². The number of carbonyl (C=O) groups is 1. The van der Waals surface area contributed by atoms with Crippen LogP contribution in [0.2, 0.25) is 0 Å². The molecule has 6 heteroatoms. The molecule has 0 saturated heterocycles. The summed E-state index contributed by atoms with van der Waals surface area (Å²) in [5.41, 5.74) is 1.21. The second-order valence-electron chi connectivity index (χ2n) is 4.02. The van der Waals surface area contributed by atoms with E-state index in [0.29, 0.717) is 17.0 Å². The molecule has 2 rings (SSSR count). The van der Waals surface area contributed by atoms with E-state index in [2.05, 4.69) is 5.32 Å². The molecule has 0 aromatic heterocycles. The number of para-hydroxylation sites is 1. The maximum Gasteiger partial charge on any atom is 0.417 e. The van der Waals surface area contributed by atoms with Crippen LogP contribution in [0.4, 0.5) is 10.5 Å². The second-order valence-corrected chi connectivity index (χ2v) is 5.00. The fourth-order valence-corrected chi connectivity index (χ4v) is 2.09. The van der Waals surface area contributed by atoms with Gasteiger partial charge in [0.1, 0.15) is 16.5 Å². The van der Waals surface area contributed by atoms with E-state index in [-0.39, 0.29) is 5.75 Å².